The molecule has 1 aliphatic carbocycles. The largest absolute Gasteiger partial charge is 0.352 e. The van der Waals surface area contributed by atoms with Crippen LogP contribution in [0.25, 0.3) is 0 Å². The molecule has 2 aliphatic rings. The highest BCUT2D eigenvalue weighted by Crippen LogP contribution is 2.26. The summed E-state index contributed by atoms with van der Waals surface area (Å²) in [6, 6.07) is 9.11. The molecular weight excluding hydrogens is 316 g/mol. The van der Waals surface area contributed by atoms with Gasteiger partial charge in [0, 0.05) is 43.5 Å². The van der Waals surface area contributed by atoms with E-state index < -0.39 is 0 Å². The summed E-state index contributed by atoms with van der Waals surface area (Å²) in [7, 11) is 0. The fourth-order valence-electron chi connectivity index (χ4n) is 3.73. The zero-order valence-electron chi connectivity index (χ0n) is 14.1. The van der Waals surface area contributed by atoms with Gasteiger partial charge in [-0.3, -0.25) is 4.79 Å². The molecule has 0 spiro atoms. The molecule has 4 N–H and O–H groups in total. The monoisotopic (exact) mass is 340 g/mol. The van der Waals surface area contributed by atoms with Crippen molar-refractivity contribution in [3.05, 3.63) is 54.1 Å². The number of imidazole rings is 1. The van der Waals surface area contributed by atoms with Crippen molar-refractivity contribution >= 4 is 5.91 Å². The molecular formula is C18H24N6O. The van der Waals surface area contributed by atoms with E-state index in [1.165, 1.54) is 5.56 Å². The van der Waals surface area contributed by atoms with Crippen molar-refractivity contribution in [1.82, 2.24) is 31.3 Å². The second kappa shape index (κ2) is 7.35. The Kier molecular flexibility index (Phi) is 4.78. The van der Waals surface area contributed by atoms with E-state index >= 15 is 0 Å². The van der Waals surface area contributed by atoms with Gasteiger partial charge in [-0.2, -0.15) is 5.53 Å². The minimum Gasteiger partial charge on any atom is -0.352 e. The van der Waals surface area contributed by atoms with E-state index in [4.69, 9.17) is 0 Å². The molecule has 1 amide bonds. The SMILES string of the molecule is O=C(NCc1cccc(Cn2ccnc2)c1)C1CCC2NNNC2C1. The first-order valence-electron chi connectivity index (χ1n) is 8.85. The number of hydrazine groups is 2. The molecule has 0 bridgehead atoms. The minimum atomic E-state index is 0.0876. The number of carbonyl (C=O) groups is 1. The lowest BCUT2D eigenvalue weighted by Gasteiger charge is -2.29. The highest BCUT2D eigenvalue weighted by atomic mass is 16.1. The van der Waals surface area contributed by atoms with Gasteiger partial charge in [0.2, 0.25) is 5.91 Å². The van der Waals surface area contributed by atoms with Crippen LogP contribution in [0.1, 0.15) is 30.4 Å². The summed E-state index contributed by atoms with van der Waals surface area (Å²) in [5.74, 6) is 0.247. The van der Waals surface area contributed by atoms with Crippen LogP contribution < -0.4 is 21.7 Å². The zero-order valence-corrected chi connectivity index (χ0v) is 14.1. The van der Waals surface area contributed by atoms with Crippen LogP contribution in [0.3, 0.4) is 0 Å². The fraction of sp³-hybridized carbons (Fsp3) is 0.444. The quantitative estimate of drug-likeness (QED) is 0.644. The molecule has 1 saturated carbocycles. The van der Waals surface area contributed by atoms with Gasteiger partial charge in [0.15, 0.2) is 0 Å². The van der Waals surface area contributed by atoms with E-state index in [0.717, 1.165) is 31.4 Å². The van der Waals surface area contributed by atoms with E-state index in [1.807, 2.05) is 23.2 Å². The fourth-order valence-corrected chi connectivity index (χ4v) is 3.73. The predicted octanol–water partition coefficient (Wildman–Crippen LogP) is 0.697. The molecule has 1 saturated heterocycles. The van der Waals surface area contributed by atoms with Crippen LogP contribution >= 0.6 is 0 Å². The molecule has 2 aromatic rings. The summed E-state index contributed by atoms with van der Waals surface area (Å²) in [6.07, 6.45) is 8.37. The van der Waals surface area contributed by atoms with Crippen molar-refractivity contribution in [2.24, 2.45) is 5.92 Å². The van der Waals surface area contributed by atoms with Gasteiger partial charge < -0.3 is 9.88 Å². The Morgan fingerprint density at radius 1 is 1.24 bits per heavy atom. The molecule has 1 aromatic heterocycles. The number of nitrogens with one attached hydrogen (secondary N) is 4. The second-order valence-corrected chi connectivity index (χ2v) is 6.91. The van der Waals surface area contributed by atoms with Crippen molar-refractivity contribution in [1.29, 1.82) is 0 Å². The van der Waals surface area contributed by atoms with Crippen LogP contribution in [-0.2, 0) is 17.9 Å². The summed E-state index contributed by atoms with van der Waals surface area (Å²) in [5, 5.41) is 3.11. The van der Waals surface area contributed by atoms with E-state index in [2.05, 4.69) is 44.9 Å². The molecule has 7 nitrogen and oxygen atoms in total. The van der Waals surface area contributed by atoms with Gasteiger partial charge in [-0.05, 0) is 30.4 Å². The van der Waals surface area contributed by atoms with Crippen molar-refractivity contribution in [3.63, 3.8) is 0 Å². The lowest BCUT2D eigenvalue weighted by Crippen LogP contribution is -2.44. The summed E-state index contributed by atoms with van der Waals surface area (Å²) in [4.78, 5) is 16.6. The van der Waals surface area contributed by atoms with Crippen molar-refractivity contribution in [2.45, 2.75) is 44.4 Å². The molecule has 1 aliphatic heterocycles. The van der Waals surface area contributed by atoms with Gasteiger partial charge in [0.25, 0.3) is 0 Å². The van der Waals surface area contributed by atoms with E-state index in [1.54, 1.807) is 6.20 Å². The van der Waals surface area contributed by atoms with Crippen molar-refractivity contribution in [2.75, 3.05) is 0 Å². The molecule has 4 rings (SSSR count). The van der Waals surface area contributed by atoms with Gasteiger partial charge in [0.1, 0.15) is 0 Å². The highest BCUT2D eigenvalue weighted by molar-refractivity contribution is 5.78. The first-order valence-corrected chi connectivity index (χ1v) is 8.85. The molecule has 2 heterocycles. The molecule has 1 aromatic carbocycles. The number of hydrogen-bond acceptors (Lipinski definition) is 5. The lowest BCUT2D eigenvalue weighted by molar-refractivity contribution is -0.126. The first-order chi connectivity index (χ1) is 12.3. The summed E-state index contributed by atoms with van der Waals surface area (Å²) >= 11 is 0. The Hall–Kier alpha value is -2.22. The third-order valence-electron chi connectivity index (χ3n) is 5.12. The Labute approximate surface area is 147 Å². The third-order valence-corrected chi connectivity index (χ3v) is 5.12. The van der Waals surface area contributed by atoms with E-state index in [9.17, 15) is 4.79 Å². The van der Waals surface area contributed by atoms with Crippen LogP contribution in [0.15, 0.2) is 43.0 Å². The van der Waals surface area contributed by atoms with Gasteiger partial charge in [-0.25, -0.2) is 15.8 Å². The van der Waals surface area contributed by atoms with Crippen LogP contribution in [0, 0.1) is 5.92 Å². The molecule has 3 atom stereocenters. The summed E-state index contributed by atoms with van der Waals surface area (Å²) < 4.78 is 2.03. The van der Waals surface area contributed by atoms with Gasteiger partial charge >= 0.3 is 0 Å². The molecule has 132 valence electrons. The van der Waals surface area contributed by atoms with Crippen LogP contribution in [-0.4, -0.2) is 27.5 Å². The number of rotatable bonds is 5. The smallest absolute Gasteiger partial charge is 0.223 e. The van der Waals surface area contributed by atoms with Crippen LogP contribution in [0.5, 0.6) is 0 Å². The average molecular weight is 340 g/mol. The Bertz CT molecular complexity index is 716. The number of carbonyl (C=O) groups excluding carboxylic acids is 1. The van der Waals surface area contributed by atoms with Crippen molar-refractivity contribution in [3.8, 4) is 0 Å². The summed E-state index contributed by atoms with van der Waals surface area (Å²) in [5.41, 5.74) is 11.7. The standard InChI is InChI=1S/C18H24N6O/c25-18(15-4-5-16-17(9-15)22-23-21-16)20-10-13-2-1-3-14(8-13)11-24-7-6-19-12-24/h1-3,6-8,12,15-17,21-23H,4-5,9-11H2,(H,20,25). The van der Waals surface area contributed by atoms with E-state index in [0.29, 0.717) is 18.6 Å². The maximum atomic E-state index is 12.5. The number of benzene rings is 1. The Balaban J connectivity index is 1.31. The normalized spacial score (nSPS) is 25.5. The maximum absolute atomic E-state index is 12.5. The number of hydrogen-bond donors (Lipinski definition) is 4. The third kappa shape index (κ3) is 3.89. The van der Waals surface area contributed by atoms with Gasteiger partial charge in [0.05, 0.1) is 6.33 Å². The van der Waals surface area contributed by atoms with Gasteiger partial charge in [-0.15, -0.1) is 0 Å². The Morgan fingerprint density at radius 3 is 3.00 bits per heavy atom. The molecule has 3 unspecified atom stereocenters. The van der Waals surface area contributed by atoms with Crippen molar-refractivity contribution < 1.29 is 4.79 Å². The average Bonchev–Trinajstić information content (AvgIpc) is 3.30. The topological polar surface area (TPSA) is 83.0 Å². The number of nitrogens with zero attached hydrogens (tertiary/aromatic N) is 2. The van der Waals surface area contributed by atoms with Gasteiger partial charge in [-0.1, -0.05) is 24.3 Å². The molecule has 7 heteroatoms. The minimum absolute atomic E-state index is 0.0876. The number of aromatic nitrogens is 2. The molecule has 25 heavy (non-hydrogen) atoms. The highest BCUT2D eigenvalue weighted by Gasteiger charge is 2.36. The summed E-state index contributed by atoms with van der Waals surface area (Å²) in [6.45, 7) is 1.37. The predicted molar refractivity (Wildman–Crippen MR) is 93.9 cm³/mol. The van der Waals surface area contributed by atoms with Crippen LogP contribution in [0.2, 0.25) is 0 Å². The lowest BCUT2D eigenvalue weighted by atomic mass is 9.82. The Morgan fingerprint density at radius 2 is 2.12 bits per heavy atom. The molecule has 0 radical (unpaired) electrons. The molecule has 2 fully saturated rings. The number of fused-ring (bicyclic) bond motifs is 1. The van der Waals surface area contributed by atoms with Crippen LogP contribution in [0.4, 0.5) is 0 Å². The first kappa shape index (κ1) is 16.3. The maximum Gasteiger partial charge on any atom is 0.223 e. The number of amides is 1. The second-order valence-electron chi connectivity index (χ2n) is 6.91. The van der Waals surface area contributed by atoms with E-state index in [-0.39, 0.29) is 11.8 Å². The zero-order chi connectivity index (χ0) is 17.1.